The fraction of sp³-hybridized carbons (Fsp3) is 0.355. The Morgan fingerprint density at radius 1 is 0.925 bits per heavy atom. The molecule has 0 radical (unpaired) electrons. The molecule has 1 atom stereocenters. The fourth-order valence-electron chi connectivity index (χ4n) is 4.42. The van der Waals surface area contributed by atoms with Crippen LogP contribution < -0.4 is 14.4 Å². The van der Waals surface area contributed by atoms with Gasteiger partial charge in [0.05, 0.1) is 17.7 Å². The van der Waals surface area contributed by atoms with Gasteiger partial charge in [0.15, 0.2) is 0 Å². The third-order valence-corrected chi connectivity index (χ3v) is 8.39. The standard InChI is InChI=1S/C31H39N3O5S/c1-6-18-32-31(36)29(7-2)33(21-25-11-8-10-24(4)19-25)30(35)22-34(26-12-9-13-27(20-26)39-5)40(37,38)28-16-14-23(3)15-17-28/h8-17,19-20,29H,6-7,18,21-22H2,1-5H3,(H,32,36). The summed E-state index contributed by atoms with van der Waals surface area (Å²) < 4.78 is 34.3. The molecule has 1 unspecified atom stereocenters. The highest BCUT2D eigenvalue weighted by Gasteiger charge is 2.33. The topological polar surface area (TPSA) is 96.0 Å². The molecule has 0 heterocycles. The lowest BCUT2D eigenvalue weighted by molar-refractivity contribution is -0.140. The number of nitrogens with one attached hydrogen (secondary N) is 1. The van der Waals surface area contributed by atoms with E-state index in [0.29, 0.717) is 18.7 Å². The maximum absolute atomic E-state index is 14.1. The number of ether oxygens (including phenoxy) is 1. The van der Waals surface area contributed by atoms with E-state index in [1.165, 1.54) is 24.1 Å². The number of rotatable bonds is 13. The summed E-state index contributed by atoms with van der Waals surface area (Å²) in [6, 6.07) is 20.0. The first-order chi connectivity index (χ1) is 19.1. The van der Waals surface area contributed by atoms with Crippen molar-refractivity contribution in [3.8, 4) is 5.75 Å². The van der Waals surface area contributed by atoms with Gasteiger partial charge in [0.1, 0.15) is 18.3 Å². The summed E-state index contributed by atoms with van der Waals surface area (Å²) in [5.41, 5.74) is 3.07. The molecule has 0 aliphatic carbocycles. The Hall–Kier alpha value is -3.85. The predicted octanol–water partition coefficient (Wildman–Crippen LogP) is 4.84. The van der Waals surface area contributed by atoms with Crippen LogP contribution in [0.15, 0.2) is 77.7 Å². The van der Waals surface area contributed by atoms with Gasteiger partial charge in [0.2, 0.25) is 11.8 Å². The van der Waals surface area contributed by atoms with Crippen LogP contribution in [0.5, 0.6) is 5.75 Å². The van der Waals surface area contributed by atoms with Crippen LogP contribution >= 0.6 is 0 Å². The van der Waals surface area contributed by atoms with E-state index in [1.54, 1.807) is 36.4 Å². The molecular formula is C31H39N3O5S. The number of hydrogen-bond acceptors (Lipinski definition) is 5. The van der Waals surface area contributed by atoms with E-state index in [1.807, 2.05) is 52.0 Å². The molecule has 0 aliphatic heterocycles. The monoisotopic (exact) mass is 565 g/mol. The summed E-state index contributed by atoms with van der Waals surface area (Å²) in [6.45, 7) is 7.78. The molecular weight excluding hydrogens is 526 g/mol. The van der Waals surface area contributed by atoms with Crippen LogP contribution in [0.3, 0.4) is 0 Å². The Bertz CT molecular complexity index is 1410. The fourth-order valence-corrected chi connectivity index (χ4v) is 5.83. The van der Waals surface area contributed by atoms with E-state index in [4.69, 9.17) is 4.74 Å². The van der Waals surface area contributed by atoms with Gasteiger partial charge in [-0.1, -0.05) is 67.4 Å². The van der Waals surface area contributed by atoms with Crippen molar-refractivity contribution in [3.05, 3.63) is 89.5 Å². The van der Waals surface area contributed by atoms with Crippen molar-refractivity contribution in [3.63, 3.8) is 0 Å². The zero-order valence-corrected chi connectivity index (χ0v) is 24.7. The number of nitrogens with zero attached hydrogens (tertiary/aromatic N) is 2. The van der Waals surface area contributed by atoms with E-state index in [9.17, 15) is 18.0 Å². The van der Waals surface area contributed by atoms with Crippen molar-refractivity contribution in [2.24, 2.45) is 0 Å². The predicted molar refractivity (Wildman–Crippen MR) is 158 cm³/mol. The van der Waals surface area contributed by atoms with E-state index in [2.05, 4.69) is 5.32 Å². The van der Waals surface area contributed by atoms with Gasteiger partial charge in [-0.2, -0.15) is 0 Å². The van der Waals surface area contributed by atoms with Crippen molar-refractivity contribution < 1.29 is 22.7 Å². The highest BCUT2D eigenvalue weighted by molar-refractivity contribution is 7.92. The van der Waals surface area contributed by atoms with Gasteiger partial charge < -0.3 is 15.0 Å². The van der Waals surface area contributed by atoms with Gasteiger partial charge >= 0.3 is 0 Å². The van der Waals surface area contributed by atoms with Crippen LogP contribution in [0, 0.1) is 13.8 Å². The molecule has 0 saturated carbocycles. The van der Waals surface area contributed by atoms with Gasteiger partial charge in [-0.15, -0.1) is 0 Å². The number of sulfonamides is 1. The molecule has 40 heavy (non-hydrogen) atoms. The summed E-state index contributed by atoms with van der Waals surface area (Å²) in [5, 5.41) is 2.90. The van der Waals surface area contributed by atoms with Crippen LogP contribution in [-0.4, -0.2) is 51.4 Å². The van der Waals surface area contributed by atoms with E-state index in [-0.39, 0.29) is 23.0 Å². The third-order valence-electron chi connectivity index (χ3n) is 6.60. The minimum Gasteiger partial charge on any atom is -0.497 e. The van der Waals surface area contributed by atoms with E-state index in [0.717, 1.165) is 27.4 Å². The Kier molecular flexibility index (Phi) is 10.7. The zero-order chi connectivity index (χ0) is 29.3. The highest BCUT2D eigenvalue weighted by atomic mass is 32.2. The zero-order valence-electron chi connectivity index (χ0n) is 23.9. The van der Waals surface area contributed by atoms with Crippen molar-refractivity contribution in [2.75, 3.05) is 24.5 Å². The minimum absolute atomic E-state index is 0.0617. The molecule has 3 aromatic rings. The first-order valence-corrected chi connectivity index (χ1v) is 14.9. The van der Waals surface area contributed by atoms with Crippen LogP contribution in [0.2, 0.25) is 0 Å². The van der Waals surface area contributed by atoms with E-state index >= 15 is 0 Å². The lowest BCUT2D eigenvalue weighted by Crippen LogP contribution is -2.52. The molecule has 0 saturated heterocycles. The number of anilines is 1. The molecule has 3 aromatic carbocycles. The molecule has 0 aliphatic rings. The van der Waals surface area contributed by atoms with Crippen molar-refractivity contribution in [1.29, 1.82) is 0 Å². The Balaban J connectivity index is 2.07. The average Bonchev–Trinajstić information content (AvgIpc) is 2.94. The normalized spacial score (nSPS) is 11.9. The van der Waals surface area contributed by atoms with Gasteiger partial charge in [0.25, 0.3) is 10.0 Å². The maximum atomic E-state index is 14.1. The molecule has 0 spiro atoms. The Morgan fingerprint density at radius 2 is 1.62 bits per heavy atom. The molecule has 1 N–H and O–H groups in total. The Morgan fingerprint density at radius 3 is 2.25 bits per heavy atom. The van der Waals surface area contributed by atoms with E-state index < -0.39 is 28.5 Å². The second-order valence-corrected chi connectivity index (χ2v) is 11.6. The molecule has 9 heteroatoms. The first-order valence-electron chi connectivity index (χ1n) is 13.5. The summed E-state index contributed by atoms with van der Waals surface area (Å²) in [5.74, 6) is -0.297. The Labute approximate surface area is 238 Å². The lowest BCUT2D eigenvalue weighted by atomic mass is 10.1. The minimum atomic E-state index is -4.14. The quantitative estimate of drug-likeness (QED) is 0.320. The largest absolute Gasteiger partial charge is 0.497 e. The summed E-state index contributed by atoms with van der Waals surface area (Å²) in [4.78, 5) is 28.8. The average molecular weight is 566 g/mol. The molecule has 0 bridgehead atoms. The second-order valence-electron chi connectivity index (χ2n) is 9.75. The highest BCUT2D eigenvalue weighted by Crippen LogP contribution is 2.28. The van der Waals surface area contributed by atoms with Crippen LogP contribution in [-0.2, 0) is 26.2 Å². The van der Waals surface area contributed by atoms with Gasteiger partial charge in [0, 0.05) is 19.2 Å². The summed E-state index contributed by atoms with van der Waals surface area (Å²) in [6.07, 6.45) is 1.13. The summed E-state index contributed by atoms with van der Waals surface area (Å²) >= 11 is 0. The van der Waals surface area contributed by atoms with Gasteiger partial charge in [-0.05, 0) is 56.5 Å². The van der Waals surface area contributed by atoms with Gasteiger partial charge in [-0.25, -0.2) is 8.42 Å². The number of amides is 2. The number of carbonyl (C=O) groups excluding carboxylic acids is 2. The van der Waals surface area contributed by atoms with Crippen molar-refractivity contribution in [1.82, 2.24) is 10.2 Å². The second kappa shape index (κ2) is 14.0. The van der Waals surface area contributed by atoms with Gasteiger partial charge in [-0.3, -0.25) is 13.9 Å². The first kappa shape index (κ1) is 30.7. The molecule has 0 fully saturated rings. The molecule has 3 rings (SSSR count). The molecule has 8 nitrogen and oxygen atoms in total. The lowest BCUT2D eigenvalue weighted by Gasteiger charge is -2.33. The number of carbonyl (C=O) groups is 2. The van der Waals surface area contributed by atoms with Crippen LogP contribution in [0.4, 0.5) is 5.69 Å². The molecule has 2 amide bonds. The number of hydrogen-bond donors (Lipinski definition) is 1. The SMILES string of the molecule is CCCNC(=O)C(CC)N(Cc1cccc(C)c1)C(=O)CN(c1cccc(OC)c1)S(=O)(=O)c1ccc(C)cc1. The number of benzene rings is 3. The van der Waals surface area contributed by atoms with Crippen molar-refractivity contribution >= 4 is 27.5 Å². The van der Waals surface area contributed by atoms with Crippen molar-refractivity contribution in [2.45, 2.75) is 58.0 Å². The number of methoxy groups -OCH3 is 1. The smallest absolute Gasteiger partial charge is 0.264 e. The summed E-state index contributed by atoms with van der Waals surface area (Å²) in [7, 11) is -2.65. The third kappa shape index (κ3) is 7.63. The molecule has 214 valence electrons. The maximum Gasteiger partial charge on any atom is 0.264 e. The number of aryl methyl sites for hydroxylation is 2. The van der Waals surface area contributed by atoms with Crippen LogP contribution in [0.1, 0.15) is 43.4 Å². The van der Waals surface area contributed by atoms with Crippen LogP contribution in [0.25, 0.3) is 0 Å². The molecule has 0 aromatic heterocycles.